The summed E-state index contributed by atoms with van der Waals surface area (Å²) in [5.74, 6) is 0. The Bertz CT molecular complexity index is 331. The van der Waals surface area contributed by atoms with Crippen LogP contribution in [0.1, 0.15) is 30.4 Å². The SMILES string of the molecule is Cc1ccc(CCCNC2CC2)cc1Cl. The van der Waals surface area contributed by atoms with E-state index in [0.29, 0.717) is 0 Å². The zero-order valence-electron chi connectivity index (χ0n) is 9.22. The van der Waals surface area contributed by atoms with Gasteiger partial charge in [-0.25, -0.2) is 0 Å². The summed E-state index contributed by atoms with van der Waals surface area (Å²) in [4.78, 5) is 0. The number of benzene rings is 1. The second kappa shape index (κ2) is 5.00. The molecule has 0 saturated heterocycles. The predicted octanol–water partition coefficient (Wildman–Crippen LogP) is 3.33. The van der Waals surface area contributed by atoms with Crippen LogP contribution < -0.4 is 5.32 Å². The Labute approximate surface area is 96.8 Å². The zero-order chi connectivity index (χ0) is 10.7. The number of halogens is 1. The highest BCUT2D eigenvalue weighted by molar-refractivity contribution is 6.31. The van der Waals surface area contributed by atoms with E-state index < -0.39 is 0 Å². The van der Waals surface area contributed by atoms with Gasteiger partial charge >= 0.3 is 0 Å². The van der Waals surface area contributed by atoms with Crippen LogP contribution in [0.5, 0.6) is 0 Å². The molecule has 1 saturated carbocycles. The maximum atomic E-state index is 6.07. The van der Waals surface area contributed by atoms with Crippen LogP contribution in [0.3, 0.4) is 0 Å². The van der Waals surface area contributed by atoms with Crippen molar-refractivity contribution in [1.82, 2.24) is 5.32 Å². The van der Waals surface area contributed by atoms with Crippen molar-refractivity contribution in [3.8, 4) is 0 Å². The minimum atomic E-state index is 0.826. The fraction of sp³-hybridized carbons (Fsp3) is 0.538. The van der Waals surface area contributed by atoms with Crippen LogP contribution in [0.15, 0.2) is 18.2 Å². The average Bonchev–Trinajstić information content (AvgIpc) is 3.02. The fourth-order valence-corrected chi connectivity index (χ4v) is 1.88. The van der Waals surface area contributed by atoms with Gasteiger partial charge in [0.2, 0.25) is 0 Å². The van der Waals surface area contributed by atoms with Crippen molar-refractivity contribution >= 4 is 11.6 Å². The Balaban J connectivity index is 1.74. The average molecular weight is 224 g/mol. The molecule has 1 aliphatic carbocycles. The number of rotatable bonds is 5. The maximum absolute atomic E-state index is 6.07. The first-order valence-electron chi connectivity index (χ1n) is 5.74. The monoisotopic (exact) mass is 223 g/mol. The van der Waals surface area contributed by atoms with Gasteiger partial charge < -0.3 is 5.32 Å². The minimum Gasteiger partial charge on any atom is -0.314 e. The molecule has 0 amide bonds. The van der Waals surface area contributed by atoms with Crippen LogP contribution in [0.2, 0.25) is 5.02 Å². The molecule has 1 aromatic carbocycles. The molecule has 1 aromatic rings. The predicted molar refractivity (Wildman–Crippen MR) is 65.5 cm³/mol. The van der Waals surface area contributed by atoms with Crippen molar-refractivity contribution < 1.29 is 0 Å². The lowest BCUT2D eigenvalue weighted by molar-refractivity contribution is 0.645. The second-order valence-electron chi connectivity index (χ2n) is 4.42. The smallest absolute Gasteiger partial charge is 0.0437 e. The second-order valence-corrected chi connectivity index (χ2v) is 4.82. The van der Waals surface area contributed by atoms with Gasteiger partial charge in [-0.2, -0.15) is 0 Å². The maximum Gasteiger partial charge on any atom is 0.0437 e. The largest absolute Gasteiger partial charge is 0.314 e. The lowest BCUT2D eigenvalue weighted by Crippen LogP contribution is -2.17. The Kier molecular flexibility index (Phi) is 3.66. The molecule has 2 rings (SSSR count). The van der Waals surface area contributed by atoms with E-state index in [-0.39, 0.29) is 0 Å². The molecular weight excluding hydrogens is 206 g/mol. The highest BCUT2D eigenvalue weighted by atomic mass is 35.5. The lowest BCUT2D eigenvalue weighted by Gasteiger charge is -2.05. The van der Waals surface area contributed by atoms with Gasteiger partial charge in [0.25, 0.3) is 0 Å². The Morgan fingerprint density at radius 3 is 2.87 bits per heavy atom. The lowest BCUT2D eigenvalue weighted by atomic mass is 10.1. The van der Waals surface area contributed by atoms with Crippen molar-refractivity contribution in [2.45, 2.75) is 38.6 Å². The van der Waals surface area contributed by atoms with E-state index >= 15 is 0 Å². The van der Waals surface area contributed by atoms with Crippen molar-refractivity contribution in [1.29, 1.82) is 0 Å². The van der Waals surface area contributed by atoms with Gasteiger partial charge in [0.1, 0.15) is 0 Å². The molecule has 15 heavy (non-hydrogen) atoms. The third-order valence-electron chi connectivity index (χ3n) is 2.89. The molecule has 0 bridgehead atoms. The van der Waals surface area contributed by atoms with Crippen LogP contribution in [-0.2, 0) is 6.42 Å². The number of nitrogens with one attached hydrogen (secondary N) is 1. The molecule has 2 heteroatoms. The molecular formula is C13H18ClN. The molecule has 1 N–H and O–H groups in total. The van der Waals surface area contributed by atoms with Crippen LogP contribution >= 0.6 is 11.6 Å². The molecule has 0 atom stereocenters. The van der Waals surface area contributed by atoms with Crippen molar-refractivity contribution in [2.24, 2.45) is 0 Å². The Hall–Kier alpha value is -0.530. The summed E-state index contributed by atoms with van der Waals surface area (Å²) >= 11 is 6.07. The van der Waals surface area contributed by atoms with Gasteiger partial charge in [-0.3, -0.25) is 0 Å². The van der Waals surface area contributed by atoms with Crippen LogP contribution in [0, 0.1) is 6.92 Å². The summed E-state index contributed by atoms with van der Waals surface area (Å²) in [7, 11) is 0. The van der Waals surface area contributed by atoms with Crippen LogP contribution in [0.25, 0.3) is 0 Å². The summed E-state index contributed by atoms with van der Waals surface area (Å²) in [5.41, 5.74) is 2.51. The molecule has 0 radical (unpaired) electrons. The summed E-state index contributed by atoms with van der Waals surface area (Å²) < 4.78 is 0. The Morgan fingerprint density at radius 1 is 1.40 bits per heavy atom. The molecule has 1 nitrogen and oxygen atoms in total. The van der Waals surface area contributed by atoms with E-state index in [2.05, 4.69) is 23.5 Å². The van der Waals surface area contributed by atoms with Gasteiger partial charge in [-0.1, -0.05) is 23.7 Å². The number of aryl methyl sites for hydroxylation is 2. The standard InChI is InChI=1S/C13H18ClN/c1-10-4-5-11(9-13(10)14)3-2-8-15-12-6-7-12/h4-5,9,12,15H,2-3,6-8H2,1H3. The normalized spacial score (nSPS) is 15.6. The van der Waals surface area contributed by atoms with E-state index in [4.69, 9.17) is 11.6 Å². The zero-order valence-corrected chi connectivity index (χ0v) is 9.98. The van der Waals surface area contributed by atoms with Gasteiger partial charge in [0.05, 0.1) is 0 Å². The number of hydrogen-bond acceptors (Lipinski definition) is 1. The van der Waals surface area contributed by atoms with Gasteiger partial charge in [-0.15, -0.1) is 0 Å². The van der Waals surface area contributed by atoms with Gasteiger partial charge in [0, 0.05) is 11.1 Å². The summed E-state index contributed by atoms with van der Waals surface area (Å²) in [5, 5.41) is 4.41. The number of hydrogen-bond donors (Lipinski definition) is 1. The van der Waals surface area contributed by atoms with E-state index in [0.717, 1.165) is 29.6 Å². The van der Waals surface area contributed by atoms with E-state index in [1.54, 1.807) is 0 Å². The van der Waals surface area contributed by atoms with E-state index in [1.807, 2.05) is 6.92 Å². The molecule has 1 fully saturated rings. The summed E-state index contributed by atoms with van der Waals surface area (Å²) in [6.07, 6.45) is 5.07. The van der Waals surface area contributed by atoms with Gasteiger partial charge in [0.15, 0.2) is 0 Å². The first-order valence-corrected chi connectivity index (χ1v) is 6.12. The molecule has 82 valence electrons. The molecule has 0 aliphatic heterocycles. The fourth-order valence-electron chi connectivity index (χ4n) is 1.68. The third kappa shape index (κ3) is 3.51. The minimum absolute atomic E-state index is 0.826. The Morgan fingerprint density at radius 2 is 2.20 bits per heavy atom. The highest BCUT2D eigenvalue weighted by Gasteiger charge is 2.19. The first-order chi connectivity index (χ1) is 7.25. The molecule has 0 unspecified atom stereocenters. The quantitative estimate of drug-likeness (QED) is 0.756. The molecule has 0 aromatic heterocycles. The molecule has 0 spiro atoms. The highest BCUT2D eigenvalue weighted by Crippen LogP contribution is 2.19. The topological polar surface area (TPSA) is 12.0 Å². The summed E-state index contributed by atoms with van der Waals surface area (Å²) in [6, 6.07) is 7.20. The van der Waals surface area contributed by atoms with Crippen molar-refractivity contribution in [2.75, 3.05) is 6.54 Å². The van der Waals surface area contributed by atoms with Crippen LogP contribution in [0.4, 0.5) is 0 Å². The van der Waals surface area contributed by atoms with Crippen LogP contribution in [-0.4, -0.2) is 12.6 Å². The first kappa shape index (κ1) is 11.0. The van der Waals surface area contributed by atoms with Crippen molar-refractivity contribution in [3.05, 3.63) is 34.3 Å². The third-order valence-corrected chi connectivity index (χ3v) is 3.30. The molecule has 1 aliphatic rings. The van der Waals surface area contributed by atoms with Crippen molar-refractivity contribution in [3.63, 3.8) is 0 Å². The van der Waals surface area contributed by atoms with E-state index in [9.17, 15) is 0 Å². The van der Waals surface area contributed by atoms with E-state index in [1.165, 1.54) is 24.8 Å². The van der Waals surface area contributed by atoms with Gasteiger partial charge in [-0.05, 0) is 56.3 Å². The summed E-state index contributed by atoms with van der Waals surface area (Å²) in [6.45, 7) is 3.18. The molecule has 0 heterocycles.